The van der Waals surface area contributed by atoms with Crippen LogP contribution in [0.1, 0.15) is 16.1 Å². The molecule has 3 heterocycles. The van der Waals surface area contributed by atoms with Crippen LogP contribution in [0.25, 0.3) is 10.9 Å². The fourth-order valence-electron chi connectivity index (χ4n) is 3.22. The zero-order chi connectivity index (χ0) is 17.4. The normalized spacial score (nSPS) is 15.0. The van der Waals surface area contributed by atoms with Crippen LogP contribution < -0.4 is 4.90 Å². The van der Waals surface area contributed by atoms with Gasteiger partial charge in [0.05, 0.1) is 5.52 Å². The highest BCUT2D eigenvalue weighted by Gasteiger charge is 2.25. The molecule has 6 heteroatoms. The molecule has 0 N–H and O–H groups in total. The highest BCUT2D eigenvalue weighted by atomic mass is 79.9. The van der Waals surface area contributed by atoms with Gasteiger partial charge >= 0.3 is 0 Å². The number of furan rings is 1. The Morgan fingerprint density at radius 3 is 2.60 bits per heavy atom. The van der Waals surface area contributed by atoms with E-state index in [1.807, 2.05) is 23.1 Å². The van der Waals surface area contributed by atoms with Crippen LogP contribution in [0.3, 0.4) is 0 Å². The summed E-state index contributed by atoms with van der Waals surface area (Å²) in [5.74, 6) is 1.29. The molecule has 2 aromatic heterocycles. The molecule has 0 atom stereocenters. The molecule has 1 fully saturated rings. The van der Waals surface area contributed by atoms with Gasteiger partial charge in [0.25, 0.3) is 5.91 Å². The third-order valence-electron chi connectivity index (χ3n) is 4.58. The average Bonchev–Trinajstić information content (AvgIpc) is 3.07. The number of carbonyl (C=O) groups is 1. The number of hydrogen-bond donors (Lipinski definition) is 0. The lowest BCUT2D eigenvalue weighted by atomic mass is 10.1. The summed E-state index contributed by atoms with van der Waals surface area (Å²) in [6.07, 6.45) is 0. The van der Waals surface area contributed by atoms with Crippen LogP contribution in [-0.4, -0.2) is 42.0 Å². The number of halogens is 1. The average molecular weight is 400 g/mol. The minimum Gasteiger partial charge on any atom is -0.444 e. The molecule has 0 radical (unpaired) electrons. The zero-order valence-electron chi connectivity index (χ0n) is 13.9. The number of anilines is 1. The van der Waals surface area contributed by atoms with Gasteiger partial charge in [-0.15, -0.1) is 0 Å². The van der Waals surface area contributed by atoms with Crippen molar-refractivity contribution in [2.45, 2.75) is 6.92 Å². The van der Waals surface area contributed by atoms with Crippen LogP contribution in [0, 0.1) is 6.92 Å². The van der Waals surface area contributed by atoms with Crippen molar-refractivity contribution < 1.29 is 9.21 Å². The minimum absolute atomic E-state index is 0.0620. The number of pyridine rings is 1. The topological polar surface area (TPSA) is 49.6 Å². The fourth-order valence-corrected chi connectivity index (χ4v) is 3.52. The van der Waals surface area contributed by atoms with Gasteiger partial charge in [-0.2, -0.15) is 0 Å². The van der Waals surface area contributed by atoms with E-state index in [0.29, 0.717) is 23.5 Å². The number of nitrogens with zero attached hydrogens (tertiary/aromatic N) is 3. The van der Waals surface area contributed by atoms with Gasteiger partial charge in [0.1, 0.15) is 5.82 Å². The summed E-state index contributed by atoms with van der Waals surface area (Å²) in [4.78, 5) is 21.3. The molecule has 0 aliphatic carbocycles. The van der Waals surface area contributed by atoms with Crippen LogP contribution in [0.4, 0.5) is 5.82 Å². The second-order valence-electron chi connectivity index (χ2n) is 6.20. The Hall–Kier alpha value is -2.34. The van der Waals surface area contributed by atoms with Crippen LogP contribution >= 0.6 is 15.9 Å². The van der Waals surface area contributed by atoms with Gasteiger partial charge in [0, 0.05) is 31.6 Å². The van der Waals surface area contributed by atoms with E-state index in [0.717, 1.165) is 24.4 Å². The van der Waals surface area contributed by atoms with Crippen LogP contribution in [0.2, 0.25) is 0 Å². The van der Waals surface area contributed by atoms with Crippen molar-refractivity contribution in [3.8, 4) is 0 Å². The van der Waals surface area contributed by atoms with Crippen molar-refractivity contribution in [3.63, 3.8) is 0 Å². The highest BCUT2D eigenvalue weighted by molar-refractivity contribution is 9.10. The molecule has 0 saturated carbocycles. The maximum Gasteiger partial charge on any atom is 0.289 e. The molecule has 3 aromatic rings. The summed E-state index contributed by atoms with van der Waals surface area (Å²) in [6, 6.07) is 13.8. The quantitative estimate of drug-likeness (QED) is 0.656. The molecule has 1 aromatic carbocycles. The third kappa shape index (κ3) is 3.14. The molecule has 25 heavy (non-hydrogen) atoms. The lowest BCUT2D eigenvalue weighted by Crippen LogP contribution is -2.49. The third-order valence-corrected chi connectivity index (χ3v) is 5.01. The number of benzene rings is 1. The monoisotopic (exact) mass is 399 g/mol. The van der Waals surface area contributed by atoms with Gasteiger partial charge in [-0.3, -0.25) is 4.79 Å². The summed E-state index contributed by atoms with van der Waals surface area (Å²) in [7, 11) is 0. The number of rotatable bonds is 2. The first-order valence-corrected chi connectivity index (χ1v) is 9.07. The second kappa shape index (κ2) is 6.52. The van der Waals surface area contributed by atoms with Crippen LogP contribution in [0.15, 0.2) is 51.6 Å². The van der Waals surface area contributed by atoms with E-state index < -0.39 is 0 Å². The molecular formula is C19H18BrN3O2. The summed E-state index contributed by atoms with van der Waals surface area (Å²) in [5, 5.41) is 1.18. The summed E-state index contributed by atoms with van der Waals surface area (Å²) in [6.45, 7) is 4.95. The molecular weight excluding hydrogens is 382 g/mol. The maximum atomic E-state index is 12.5. The Bertz CT molecular complexity index is 929. The van der Waals surface area contributed by atoms with Crippen molar-refractivity contribution in [2.75, 3.05) is 31.1 Å². The predicted octanol–water partition coefficient (Wildman–Crippen LogP) is 3.86. The first kappa shape index (κ1) is 16.1. The Labute approximate surface area is 154 Å². The number of carbonyl (C=O) groups excluding carboxylic acids is 1. The highest BCUT2D eigenvalue weighted by Crippen LogP contribution is 2.24. The van der Waals surface area contributed by atoms with E-state index in [4.69, 9.17) is 9.40 Å². The molecule has 128 valence electrons. The van der Waals surface area contributed by atoms with Crippen molar-refractivity contribution >= 4 is 38.6 Å². The molecule has 0 unspecified atom stereocenters. The molecule has 1 aliphatic rings. The first-order chi connectivity index (χ1) is 12.1. The number of amides is 1. The van der Waals surface area contributed by atoms with Gasteiger partial charge in [0.15, 0.2) is 10.4 Å². The number of piperazine rings is 1. The van der Waals surface area contributed by atoms with Crippen molar-refractivity contribution in [2.24, 2.45) is 0 Å². The van der Waals surface area contributed by atoms with Gasteiger partial charge in [-0.1, -0.05) is 18.2 Å². The van der Waals surface area contributed by atoms with Gasteiger partial charge in [-0.05, 0) is 52.7 Å². The summed E-state index contributed by atoms with van der Waals surface area (Å²) in [5.41, 5.74) is 2.23. The van der Waals surface area contributed by atoms with Gasteiger partial charge < -0.3 is 14.2 Å². The molecule has 1 amide bonds. The lowest BCUT2D eigenvalue weighted by molar-refractivity contribution is 0.0713. The molecule has 1 saturated heterocycles. The number of fused-ring (bicyclic) bond motifs is 1. The Morgan fingerprint density at radius 2 is 1.88 bits per heavy atom. The number of para-hydroxylation sites is 1. The fraction of sp³-hybridized carbons (Fsp3) is 0.263. The van der Waals surface area contributed by atoms with E-state index in [1.165, 1.54) is 10.9 Å². The number of hydrogen-bond acceptors (Lipinski definition) is 4. The van der Waals surface area contributed by atoms with E-state index in [2.05, 4.69) is 39.9 Å². The standard InChI is InChI=1S/C19H18BrN3O2/c1-13-12-18(21-15-5-3-2-4-14(13)15)22-8-10-23(11-9-22)19(24)16-6-7-17(20)25-16/h2-7,12H,8-11H2,1H3. The predicted molar refractivity (Wildman–Crippen MR) is 101 cm³/mol. The molecule has 0 bridgehead atoms. The number of aromatic nitrogens is 1. The summed E-state index contributed by atoms with van der Waals surface area (Å²) >= 11 is 3.24. The summed E-state index contributed by atoms with van der Waals surface area (Å²) < 4.78 is 5.95. The van der Waals surface area contributed by atoms with E-state index in [1.54, 1.807) is 12.1 Å². The van der Waals surface area contributed by atoms with Crippen LogP contribution in [-0.2, 0) is 0 Å². The first-order valence-electron chi connectivity index (χ1n) is 8.28. The maximum absolute atomic E-state index is 12.5. The van der Waals surface area contributed by atoms with Crippen molar-refractivity contribution in [1.82, 2.24) is 9.88 Å². The SMILES string of the molecule is Cc1cc(N2CCN(C(=O)c3ccc(Br)o3)CC2)nc2ccccc12. The zero-order valence-corrected chi connectivity index (χ0v) is 15.5. The Balaban J connectivity index is 1.49. The Kier molecular flexibility index (Phi) is 4.21. The van der Waals surface area contributed by atoms with Crippen molar-refractivity contribution in [3.05, 3.63) is 58.5 Å². The molecule has 1 aliphatic heterocycles. The molecule has 4 rings (SSSR count). The van der Waals surface area contributed by atoms with Gasteiger partial charge in [-0.25, -0.2) is 4.98 Å². The van der Waals surface area contributed by atoms with Crippen LogP contribution in [0.5, 0.6) is 0 Å². The Morgan fingerprint density at radius 1 is 1.12 bits per heavy atom. The number of aryl methyl sites for hydroxylation is 1. The molecule has 0 spiro atoms. The smallest absolute Gasteiger partial charge is 0.289 e. The molecule has 5 nitrogen and oxygen atoms in total. The van der Waals surface area contributed by atoms with Gasteiger partial charge in [0.2, 0.25) is 0 Å². The lowest BCUT2D eigenvalue weighted by Gasteiger charge is -2.35. The largest absolute Gasteiger partial charge is 0.444 e. The van der Waals surface area contributed by atoms with Crippen molar-refractivity contribution in [1.29, 1.82) is 0 Å². The second-order valence-corrected chi connectivity index (χ2v) is 6.98. The van der Waals surface area contributed by atoms with E-state index in [-0.39, 0.29) is 5.91 Å². The van der Waals surface area contributed by atoms with E-state index in [9.17, 15) is 4.79 Å². The minimum atomic E-state index is -0.0620. The van der Waals surface area contributed by atoms with E-state index >= 15 is 0 Å².